The van der Waals surface area contributed by atoms with Crippen molar-refractivity contribution in [2.24, 2.45) is 5.92 Å². The number of aliphatic hydroxyl groups is 1. The third-order valence-corrected chi connectivity index (χ3v) is 2.33. The van der Waals surface area contributed by atoms with Gasteiger partial charge in [-0.15, -0.1) is 0 Å². The number of halogens is 2. The molecular formula is C11H12ClFO2. The van der Waals surface area contributed by atoms with Crippen molar-refractivity contribution in [3.8, 4) is 0 Å². The van der Waals surface area contributed by atoms with Gasteiger partial charge in [-0.2, -0.15) is 0 Å². The molecule has 82 valence electrons. The topological polar surface area (TPSA) is 37.3 Å². The predicted molar refractivity (Wildman–Crippen MR) is 56.6 cm³/mol. The lowest BCUT2D eigenvalue weighted by Gasteiger charge is -2.13. The molecule has 1 N–H and O–H groups in total. The first-order valence-corrected chi connectivity index (χ1v) is 4.98. The Morgan fingerprint density at radius 2 is 2.07 bits per heavy atom. The summed E-state index contributed by atoms with van der Waals surface area (Å²) in [7, 11) is 0. The van der Waals surface area contributed by atoms with Gasteiger partial charge >= 0.3 is 0 Å². The van der Waals surface area contributed by atoms with E-state index in [1.807, 2.05) is 0 Å². The van der Waals surface area contributed by atoms with Crippen molar-refractivity contribution in [1.29, 1.82) is 0 Å². The third-order valence-electron chi connectivity index (χ3n) is 2.10. The van der Waals surface area contributed by atoms with E-state index in [4.69, 9.17) is 11.6 Å². The van der Waals surface area contributed by atoms with E-state index in [1.165, 1.54) is 12.1 Å². The molecule has 0 heterocycles. The molecule has 1 atom stereocenters. The minimum absolute atomic E-state index is 0.124. The molecule has 0 aliphatic rings. The maximum atomic E-state index is 13.3. The molecule has 0 fully saturated rings. The van der Waals surface area contributed by atoms with Gasteiger partial charge < -0.3 is 5.11 Å². The molecule has 0 saturated carbocycles. The van der Waals surface area contributed by atoms with Crippen LogP contribution >= 0.6 is 11.6 Å². The number of hydrogen-bond donors (Lipinski definition) is 1. The van der Waals surface area contributed by atoms with Crippen LogP contribution < -0.4 is 0 Å². The first-order valence-electron chi connectivity index (χ1n) is 4.61. The number of aliphatic hydroxyl groups excluding tert-OH is 1. The summed E-state index contributed by atoms with van der Waals surface area (Å²) in [5.41, 5.74) is -0.124. The van der Waals surface area contributed by atoms with E-state index in [0.717, 1.165) is 6.07 Å². The number of ketones is 1. The van der Waals surface area contributed by atoms with Gasteiger partial charge in [0.1, 0.15) is 11.9 Å². The van der Waals surface area contributed by atoms with Crippen LogP contribution in [0.25, 0.3) is 0 Å². The molecule has 0 aromatic heterocycles. The summed E-state index contributed by atoms with van der Waals surface area (Å²) in [5, 5.41) is 9.72. The van der Waals surface area contributed by atoms with Crippen LogP contribution in [0.3, 0.4) is 0 Å². The summed E-state index contributed by atoms with van der Waals surface area (Å²) in [6.45, 7) is 3.38. The molecular weight excluding hydrogens is 219 g/mol. The molecule has 0 amide bonds. The molecule has 2 nitrogen and oxygen atoms in total. The van der Waals surface area contributed by atoms with Crippen molar-refractivity contribution in [3.63, 3.8) is 0 Å². The number of Topliss-reactive ketones (excluding diaryl/α,β-unsaturated/α-hetero) is 1. The average molecular weight is 231 g/mol. The second kappa shape index (κ2) is 4.73. The Labute approximate surface area is 92.7 Å². The quantitative estimate of drug-likeness (QED) is 0.811. The zero-order valence-electron chi connectivity index (χ0n) is 8.50. The maximum absolute atomic E-state index is 13.3. The summed E-state index contributed by atoms with van der Waals surface area (Å²) >= 11 is 5.55. The molecule has 1 unspecified atom stereocenters. The number of rotatable bonds is 3. The van der Waals surface area contributed by atoms with E-state index >= 15 is 0 Å². The molecule has 0 aliphatic heterocycles. The van der Waals surface area contributed by atoms with Crippen LogP contribution in [-0.4, -0.2) is 17.0 Å². The van der Waals surface area contributed by atoms with Crippen molar-refractivity contribution in [2.45, 2.75) is 20.0 Å². The summed E-state index contributed by atoms with van der Waals surface area (Å²) < 4.78 is 13.3. The maximum Gasteiger partial charge on any atom is 0.194 e. The highest BCUT2D eigenvalue weighted by molar-refractivity contribution is 6.30. The molecule has 1 aromatic rings. The van der Waals surface area contributed by atoms with Gasteiger partial charge in [-0.3, -0.25) is 4.79 Å². The minimum atomic E-state index is -1.18. The van der Waals surface area contributed by atoms with Crippen LogP contribution in [0.2, 0.25) is 5.02 Å². The van der Waals surface area contributed by atoms with Gasteiger partial charge in [-0.1, -0.05) is 25.4 Å². The van der Waals surface area contributed by atoms with Crippen LogP contribution in [0.15, 0.2) is 18.2 Å². The summed E-state index contributed by atoms with van der Waals surface area (Å²) in [6.07, 6.45) is -1.18. The molecule has 15 heavy (non-hydrogen) atoms. The second-order valence-electron chi connectivity index (χ2n) is 3.68. The second-order valence-corrected chi connectivity index (χ2v) is 4.11. The van der Waals surface area contributed by atoms with E-state index in [-0.39, 0.29) is 16.5 Å². The van der Waals surface area contributed by atoms with Gasteiger partial charge in [-0.25, -0.2) is 4.39 Å². The van der Waals surface area contributed by atoms with Crippen molar-refractivity contribution in [1.82, 2.24) is 0 Å². The van der Waals surface area contributed by atoms with Gasteiger partial charge in [0, 0.05) is 5.02 Å². The Bertz CT molecular complexity index is 377. The molecule has 1 rings (SSSR count). The van der Waals surface area contributed by atoms with Gasteiger partial charge in [-0.05, 0) is 24.1 Å². The fraction of sp³-hybridized carbons (Fsp3) is 0.364. The number of benzene rings is 1. The third kappa shape index (κ3) is 2.76. The minimum Gasteiger partial charge on any atom is -0.385 e. The van der Waals surface area contributed by atoms with Crippen LogP contribution in [0, 0.1) is 11.7 Å². The Morgan fingerprint density at radius 1 is 1.47 bits per heavy atom. The molecule has 0 aliphatic carbocycles. The monoisotopic (exact) mass is 230 g/mol. The lowest BCUT2D eigenvalue weighted by Crippen LogP contribution is -2.26. The normalized spacial score (nSPS) is 12.9. The van der Waals surface area contributed by atoms with Gasteiger partial charge in [0.25, 0.3) is 0 Å². The molecule has 4 heteroatoms. The highest BCUT2D eigenvalue weighted by Gasteiger charge is 2.23. The number of carbonyl (C=O) groups excluding carboxylic acids is 1. The van der Waals surface area contributed by atoms with E-state index in [2.05, 4.69) is 0 Å². The number of carbonyl (C=O) groups is 1. The van der Waals surface area contributed by atoms with Crippen molar-refractivity contribution in [3.05, 3.63) is 34.6 Å². The zero-order chi connectivity index (χ0) is 11.6. The summed E-state index contributed by atoms with van der Waals surface area (Å²) in [6, 6.07) is 3.76. The van der Waals surface area contributed by atoms with E-state index in [1.54, 1.807) is 13.8 Å². The Kier molecular flexibility index (Phi) is 3.83. The lowest BCUT2D eigenvalue weighted by molar-refractivity contribution is 0.0643. The Balaban J connectivity index is 3.01. The zero-order valence-corrected chi connectivity index (χ0v) is 9.25. The first kappa shape index (κ1) is 12.1. The SMILES string of the molecule is CC(C)C(O)C(=O)c1ccc(Cl)cc1F. The standard InChI is InChI=1S/C11H12ClFO2/c1-6(2)10(14)11(15)8-4-3-7(12)5-9(8)13/h3-6,10,14H,1-2H3. The van der Waals surface area contributed by atoms with Crippen LogP contribution in [-0.2, 0) is 0 Å². The van der Waals surface area contributed by atoms with E-state index < -0.39 is 17.7 Å². The molecule has 0 radical (unpaired) electrons. The highest BCUT2D eigenvalue weighted by Crippen LogP contribution is 2.18. The highest BCUT2D eigenvalue weighted by atomic mass is 35.5. The average Bonchev–Trinajstić information content (AvgIpc) is 2.15. The molecule has 0 bridgehead atoms. The van der Waals surface area contributed by atoms with Crippen LogP contribution in [0.4, 0.5) is 4.39 Å². The fourth-order valence-corrected chi connectivity index (χ4v) is 1.31. The largest absolute Gasteiger partial charge is 0.385 e. The fourth-order valence-electron chi connectivity index (χ4n) is 1.15. The first-order chi connectivity index (χ1) is 6.93. The molecule has 0 spiro atoms. The van der Waals surface area contributed by atoms with E-state index in [0.29, 0.717) is 0 Å². The molecule has 0 saturated heterocycles. The summed E-state index contributed by atoms with van der Waals surface area (Å²) in [4.78, 5) is 11.6. The van der Waals surface area contributed by atoms with Crippen LogP contribution in [0.5, 0.6) is 0 Å². The molecule has 1 aromatic carbocycles. The van der Waals surface area contributed by atoms with Gasteiger partial charge in [0.2, 0.25) is 0 Å². The summed E-state index contributed by atoms with van der Waals surface area (Å²) in [5.74, 6) is -1.56. The Morgan fingerprint density at radius 3 is 2.53 bits per heavy atom. The van der Waals surface area contributed by atoms with Gasteiger partial charge in [0.15, 0.2) is 5.78 Å². The Hall–Kier alpha value is -0.930. The van der Waals surface area contributed by atoms with Crippen molar-refractivity contribution >= 4 is 17.4 Å². The lowest BCUT2D eigenvalue weighted by atomic mass is 9.97. The smallest absolute Gasteiger partial charge is 0.194 e. The van der Waals surface area contributed by atoms with Crippen molar-refractivity contribution < 1.29 is 14.3 Å². The van der Waals surface area contributed by atoms with E-state index in [9.17, 15) is 14.3 Å². The van der Waals surface area contributed by atoms with Crippen molar-refractivity contribution in [2.75, 3.05) is 0 Å². The van der Waals surface area contributed by atoms with Crippen LogP contribution in [0.1, 0.15) is 24.2 Å². The predicted octanol–water partition coefficient (Wildman–Crippen LogP) is 2.68. The van der Waals surface area contributed by atoms with Gasteiger partial charge in [0.05, 0.1) is 5.56 Å². The number of hydrogen-bond acceptors (Lipinski definition) is 2.